The van der Waals surface area contributed by atoms with E-state index in [-0.39, 0.29) is 16.1 Å². The summed E-state index contributed by atoms with van der Waals surface area (Å²) in [5, 5.41) is 0. The Bertz CT molecular complexity index is 801. The minimum absolute atomic E-state index is 0.0381. The Morgan fingerprint density at radius 1 is 1.14 bits per heavy atom. The van der Waals surface area contributed by atoms with E-state index in [9.17, 15) is 17.6 Å². The summed E-state index contributed by atoms with van der Waals surface area (Å²) in [5.74, 6) is -1.10. The first kappa shape index (κ1) is 16.0. The number of ether oxygens (including phenoxy) is 1. The normalized spacial score (nSPS) is 11.0. The van der Waals surface area contributed by atoms with Crippen LogP contribution in [0.5, 0.6) is 0 Å². The molecule has 0 aliphatic heterocycles. The monoisotopic (exact) mass is 323 g/mol. The smallest absolute Gasteiger partial charge is 0.337 e. The molecule has 0 spiro atoms. The quantitative estimate of drug-likeness (QED) is 0.878. The van der Waals surface area contributed by atoms with Crippen LogP contribution in [0.4, 0.5) is 10.1 Å². The van der Waals surface area contributed by atoms with E-state index in [1.807, 2.05) is 0 Å². The molecule has 0 amide bonds. The van der Waals surface area contributed by atoms with Gasteiger partial charge in [0.1, 0.15) is 5.82 Å². The van der Waals surface area contributed by atoms with Gasteiger partial charge in [0, 0.05) is 0 Å². The van der Waals surface area contributed by atoms with Gasteiger partial charge >= 0.3 is 5.97 Å². The molecule has 0 aliphatic rings. The standard InChI is InChI=1S/C15H14FNO4S/c1-10-3-6-12(16)9-14(10)17-22(19,20)13-7-4-11(5-8-13)15(18)21-2/h3-9,17H,1-2H3. The molecule has 0 atom stereocenters. The van der Waals surface area contributed by atoms with Crippen molar-refractivity contribution in [1.29, 1.82) is 0 Å². The molecule has 2 rings (SSSR count). The largest absolute Gasteiger partial charge is 0.465 e. The lowest BCUT2D eigenvalue weighted by atomic mass is 10.2. The minimum Gasteiger partial charge on any atom is -0.465 e. The molecule has 5 nitrogen and oxygen atoms in total. The number of aryl methyl sites for hydroxylation is 1. The molecule has 7 heteroatoms. The Morgan fingerprint density at radius 3 is 2.36 bits per heavy atom. The fourth-order valence-electron chi connectivity index (χ4n) is 1.80. The Kier molecular flexibility index (Phi) is 4.46. The van der Waals surface area contributed by atoms with E-state index >= 15 is 0 Å². The van der Waals surface area contributed by atoms with Crippen molar-refractivity contribution in [3.8, 4) is 0 Å². The summed E-state index contributed by atoms with van der Waals surface area (Å²) >= 11 is 0. The number of halogens is 1. The fourth-order valence-corrected chi connectivity index (χ4v) is 2.92. The molecule has 0 unspecified atom stereocenters. The number of esters is 1. The Hall–Kier alpha value is -2.41. The zero-order valence-electron chi connectivity index (χ0n) is 12.0. The first-order valence-electron chi connectivity index (χ1n) is 6.31. The van der Waals surface area contributed by atoms with E-state index in [0.29, 0.717) is 5.56 Å². The van der Waals surface area contributed by atoms with Crippen LogP contribution in [-0.2, 0) is 14.8 Å². The van der Waals surface area contributed by atoms with Crippen LogP contribution < -0.4 is 4.72 Å². The molecule has 0 saturated carbocycles. The lowest BCUT2D eigenvalue weighted by molar-refractivity contribution is 0.0600. The summed E-state index contributed by atoms with van der Waals surface area (Å²) < 4.78 is 44.6. The van der Waals surface area contributed by atoms with Crippen LogP contribution in [0, 0.1) is 12.7 Å². The van der Waals surface area contributed by atoms with Crippen LogP contribution in [0.1, 0.15) is 15.9 Å². The highest BCUT2D eigenvalue weighted by molar-refractivity contribution is 7.92. The van der Waals surface area contributed by atoms with Crippen LogP contribution >= 0.6 is 0 Å². The van der Waals surface area contributed by atoms with Crippen molar-refractivity contribution >= 4 is 21.7 Å². The number of carbonyl (C=O) groups is 1. The van der Waals surface area contributed by atoms with Gasteiger partial charge in [0.15, 0.2) is 0 Å². The zero-order chi connectivity index (χ0) is 16.3. The Balaban J connectivity index is 2.30. The predicted molar refractivity (Wildman–Crippen MR) is 79.7 cm³/mol. The Labute approximate surface area is 127 Å². The zero-order valence-corrected chi connectivity index (χ0v) is 12.8. The first-order valence-corrected chi connectivity index (χ1v) is 7.79. The summed E-state index contributed by atoms with van der Waals surface area (Å²) in [6, 6.07) is 9.09. The third-order valence-corrected chi connectivity index (χ3v) is 4.41. The number of anilines is 1. The molecule has 0 aliphatic carbocycles. The SMILES string of the molecule is COC(=O)c1ccc(S(=O)(=O)Nc2cc(F)ccc2C)cc1. The predicted octanol–water partition coefficient (Wildman–Crippen LogP) is 2.72. The van der Waals surface area contributed by atoms with Gasteiger partial charge in [-0.3, -0.25) is 4.72 Å². The average molecular weight is 323 g/mol. The average Bonchev–Trinajstić information content (AvgIpc) is 2.50. The molecule has 2 aromatic rings. The van der Waals surface area contributed by atoms with Crippen LogP contribution in [0.25, 0.3) is 0 Å². The van der Waals surface area contributed by atoms with E-state index in [1.165, 1.54) is 43.5 Å². The number of benzene rings is 2. The number of hydrogen-bond acceptors (Lipinski definition) is 4. The number of sulfonamides is 1. The summed E-state index contributed by atoms with van der Waals surface area (Å²) in [5.41, 5.74) is 0.997. The maximum Gasteiger partial charge on any atom is 0.337 e. The van der Waals surface area contributed by atoms with E-state index in [4.69, 9.17) is 0 Å². The molecule has 0 heterocycles. The lowest BCUT2D eigenvalue weighted by Crippen LogP contribution is -2.14. The van der Waals surface area contributed by atoms with Gasteiger partial charge in [-0.05, 0) is 48.9 Å². The molecule has 0 fully saturated rings. The van der Waals surface area contributed by atoms with E-state index in [2.05, 4.69) is 9.46 Å². The van der Waals surface area contributed by atoms with Gasteiger partial charge in [-0.1, -0.05) is 6.07 Å². The molecular weight excluding hydrogens is 309 g/mol. The van der Waals surface area contributed by atoms with Gasteiger partial charge in [-0.25, -0.2) is 17.6 Å². The maximum absolute atomic E-state index is 13.2. The van der Waals surface area contributed by atoms with Crippen molar-refractivity contribution in [3.05, 3.63) is 59.4 Å². The topological polar surface area (TPSA) is 72.5 Å². The lowest BCUT2D eigenvalue weighted by Gasteiger charge is -2.11. The molecular formula is C15H14FNO4S. The van der Waals surface area contributed by atoms with Gasteiger partial charge in [0.25, 0.3) is 10.0 Å². The van der Waals surface area contributed by atoms with Crippen LogP contribution in [0.2, 0.25) is 0 Å². The number of methoxy groups -OCH3 is 1. The highest BCUT2D eigenvalue weighted by Gasteiger charge is 2.16. The first-order chi connectivity index (χ1) is 10.3. The summed E-state index contributed by atoms with van der Waals surface area (Å²) in [6.45, 7) is 1.66. The number of carbonyl (C=O) groups excluding carboxylic acids is 1. The molecule has 116 valence electrons. The summed E-state index contributed by atoms with van der Waals surface area (Å²) in [6.07, 6.45) is 0. The second kappa shape index (κ2) is 6.15. The van der Waals surface area contributed by atoms with Crippen LogP contribution in [0.3, 0.4) is 0 Å². The molecule has 1 N–H and O–H groups in total. The maximum atomic E-state index is 13.2. The van der Waals surface area contributed by atoms with Crippen molar-refractivity contribution in [3.63, 3.8) is 0 Å². The molecule has 0 bridgehead atoms. The summed E-state index contributed by atoms with van der Waals surface area (Å²) in [7, 11) is -2.63. The van der Waals surface area contributed by atoms with Gasteiger partial charge < -0.3 is 4.74 Å². The van der Waals surface area contributed by atoms with Gasteiger partial charge in [-0.15, -0.1) is 0 Å². The van der Waals surface area contributed by atoms with Crippen molar-refractivity contribution in [2.45, 2.75) is 11.8 Å². The highest BCUT2D eigenvalue weighted by Crippen LogP contribution is 2.21. The van der Waals surface area contributed by atoms with Crippen molar-refractivity contribution < 1.29 is 22.3 Å². The number of hydrogen-bond donors (Lipinski definition) is 1. The summed E-state index contributed by atoms with van der Waals surface area (Å²) in [4.78, 5) is 11.3. The molecule has 0 saturated heterocycles. The third kappa shape index (κ3) is 3.43. The molecule has 2 aromatic carbocycles. The number of rotatable bonds is 4. The van der Waals surface area contributed by atoms with E-state index in [0.717, 1.165) is 6.07 Å². The van der Waals surface area contributed by atoms with Gasteiger partial charge in [0.05, 0.1) is 23.3 Å². The van der Waals surface area contributed by atoms with E-state index in [1.54, 1.807) is 6.92 Å². The van der Waals surface area contributed by atoms with Crippen LogP contribution in [-0.4, -0.2) is 21.5 Å². The van der Waals surface area contributed by atoms with Gasteiger partial charge in [0.2, 0.25) is 0 Å². The third-order valence-electron chi connectivity index (χ3n) is 3.03. The highest BCUT2D eigenvalue weighted by atomic mass is 32.2. The number of nitrogens with one attached hydrogen (secondary N) is 1. The van der Waals surface area contributed by atoms with Crippen molar-refractivity contribution in [1.82, 2.24) is 0 Å². The second-order valence-electron chi connectivity index (χ2n) is 4.58. The minimum atomic E-state index is -3.87. The van der Waals surface area contributed by atoms with Crippen molar-refractivity contribution in [2.24, 2.45) is 0 Å². The molecule has 0 aromatic heterocycles. The van der Waals surface area contributed by atoms with E-state index < -0.39 is 21.8 Å². The van der Waals surface area contributed by atoms with Crippen molar-refractivity contribution in [2.75, 3.05) is 11.8 Å². The van der Waals surface area contributed by atoms with Gasteiger partial charge in [-0.2, -0.15) is 0 Å². The van der Waals surface area contributed by atoms with Crippen LogP contribution in [0.15, 0.2) is 47.4 Å². The second-order valence-corrected chi connectivity index (χ2v) is 6.26. The fraction of sp³-hybridized carbons (Fsp3) is 0.133. The Morgan fingerprint density at radius 2 is 1.77 bits per heavy atom. The molecule has 0 radical (unpaired) electrons. The molecule has 22 heavy (non-hydrogen) atoms.